The van der Waals surface area contributed by atoms with Gasteiger partial charge in [-0.3, -0.25) is 9.78 Å². The molecule has 1 aromatic carbocycles. The third-order valence-electron chi connectivity index (χ3n) is 3.72. The molecule has 5 heteroatoms. The fourth-order valence-electron chi connectivity index (χ4n) is 2.39. The van der Waals surface area contributed by atoms with E-state index in [9.17, 15) is 4.79 Å². The lowest BCUT2D eigenvalue weighted by molar-refractivity contribution is 0.0933. The molecule has 0 spiro atoms. The second kappa shape index (κ2) is 7.08. The molecule has 2 aromatic heterocycles. The zero-order valence-electron chi connectivity index (χ0n) is 13.6. The third-order valence-corrected chi connectivity index (χ3v) is 3.72. The van der Waals surface area contributed by atoms with Crippen molar-refractivity contribution in [2.24, 2.45) is 0 Å². The molecule has 1 amide bonds. The van der Waals surface area contributed by atoms with Crippen LogP contribution in [-0.2, 0) is 0 Å². The molecule has 0 aliphatic carbocycles. The predicted octanol–water partition coefficient (Wildman–Crippen LogP) is 3.71. The highest BCUT2D eigenvalue weighted by molar-refractivity contribution is 5.92. The SMILES string of the molecule is CC(C)c1cc(C(=O)NC(c2ccccc2)c2ccccn2)no1. The summed E-state index contributed by atoms with van der Waals surface area (Å²) in [5.41, 5.74) is 2.00. The number of amides is 1. The zero-order chi connectivity index (χ0) is 16.9. The van der Waals surface area contributed by atoms with Crippen LogP contribution in [0, 0.1) is 0 Å². The van der Waals surface area contributed by atoms with Crippen LogP contribution in [0.5, 0.6) is 0 Å². The molecular formula is C19H19N3O2. The van der Waals surface area contributed by atoms with Gasteiger partial charge in [-0.15, -0.1) is 0 Å². The summed E-state index contributed by atoms with van der Waals surface area (Å²) >= 11 is 0. The van der Waals surface area contributed by atoms with Crippen molar-refractivity contribution in [3.8, 4) is 0 Å². The van der Waals surface area contributed by atoms with E-state index >= 15 is 0 Å². The Balaban J connectivity index is 1.88. The van der Waals surface area contributed by atoms with Crippen LogP contribution in [0.25, 0.3) is 0 Å². The summed E-state index contributed by atoms with van der Waals surface area (Å²) in [4.78, 5) is 17.0. The maximum atomic E-state index is 12.6. The molecule has 0 bridgehead atoms. The van der Waals surface area contributed by atoms with E-state index in [0.29, 0.717) is 5.76 Å². The number of carbonyl (C=O) groups excluding carboxylic acids is 1. The Morgan fingerprint density at radius 1 is 1.08 bits per heavy atom. The van der Waals surface area contributed by atoms with E-state index in [0.717, 1.165) is 11.3 Å². The molecule has 0 aliphatic rings. The largest absolute Gasteiger partial charge is 0.360 e. The van der Waals surface area contributed by atoms with Gasteiger partial charge in [-0.25, -0.2) is 0 Å². The molecule has 3 rings (SSSR count). The quantitative estimate of drug-likeness (QED) is 0.778. The lowest BCUT2D eigenvalue weighted by Crippen LogP contribution is -2.30. The number of benzene rings is 1. The Morgan fingerprint density at radius 2 is 1.83 bits per heavy atom. The van der Waals surface area contributed by atoms with Crippen molar-refractivity contribution in [1.29, 1.82) is 0 Å². The molecule has 0 radical (unpaired) electrons. The number of nitrogens with one attached hydrogen (secondary N) is 1. The van der Waals surface area contributed by atoms with E-state index in [2.05, 4.69) is 15.5 Å². The second-order valence-corrected chi connectivity index (χ2v) is 5.84. The zero-order valence-corrected chi connectivity index (χ0v) is 13.6. The first-order chi connectivity index (χ1) is 11.6. The Morgan fingerprint density at radius 3 is 2.46 bits per heavy atom. The van der Waals surface area contributed by atoms with Crippen molar-refractivity contribution in [3.05, 3.63) is 83.5 Å². The van der Waals surface area contributed by atoms with Crippen LogP contribution in [0.2, 0.25) is 0 Å². The standard InChI is InChI=1S/C19H19N3O2/c1-13(2)17-12-16(22-24-17)19(23)21-18(14-8-4-3-5-9-14)15-10-6-7-11-20-15/h3-13,18H,1-2H3,(H,21,23). The Hall–Kier alpha value is -2.95. The molecule has 1 atom stereocenters. The van der Waals surface area contributed by atoms with Crippen molar-refractivity contribution < 1.29 is 9.32 Å². The van der Waals surface area contributed by atoms with Gasteiger partial charge < -0.3 is 9.84 Å². The van der Waals surface area contributed by atoms with E-state index in [1.54, 1.807) is 12.3 Å². The van der Waals surface area contributed by atoms with Crippen LogP contribution in [0.3, 0.4) is 0 Å². The van der Waals surface area contributed by atoms with Gasteiger partial charge in [-0.05, 0) is 17.7 Å². The Labute approximate surface area is 140 Å². The van der Waals surface area contributed by atoms with Crippen molar-refractivity contribution in [2.45, 2.75) is 25.8 Å². The Kier molecular flexibility index (Phi) is 4.70. The number of hydrogen-bond donors (Lipinski definition) is 1. The van der Waals surface area contributed by atoms with Gasteiger partial charge in [0.25, 0.3) is 5.91 Å². The summed E-state index contributed by atoms with van der Waals surface area (Å²) < 4.78 is 5.21. The number of carbonyl (C=O) groups is 1. The molecule has 2 heterocycles. The number of nitrogens with zero attached hydrogens (tertiary/aromatic N) is 2. The van der Waals surface area contributed by atoms with Gasteiger partial charge in [0.2, 0.25) is 0 Å². The van der Waals surface area contributed by atoms with Crippen LogP contribution < -0.4 is 5.32 Å². The van der Waals surface area contributed by atoms with Gasteiger partial charge in [-0.1, -0.05) is 55.4 Å². The highest BCUT2D eigenvalue weighted by Crippen LogP contribution is 2.21. The summed E-state index contributed by atoms with van der Waals surface area (Å²) in [5.74, 6) is 0.583. The summed E-state index contributed by atoms with van der Waals surface area (Å²) in [7, 11) is 0. The average Bonchev–Trinajstić information content (AvgIpc) is 3.11. The summed E-state index contributed by atoms with van der Waals surface area (Å²) in [5, 5.41) is 6.86. The number of aromatic nitrogens is 2. The maximum absolute atomic E-state index is 12.6. The molecule has 1 unspecified atom stereocenters. The lowest BCUT2D eigenvalue weighted by atomic mass is 10.0. The minimum Gasteiger partial charge on any atom is -0.360 e. The highest BCUT2D eigenvalue weighted by Gasteiger charge is 2.21. The number of pyridine rings is 1. The van der Waals surface area contributed by atoms with Gasteiger partial charge in [0.15, 0.2) is 5.69 Å². The fraction of sp³-hybridized carbons (Fsp3) is 0.211. The van der Waals surface area contributed by atoms with E-state index < -0.39 is 0 Å². The third kappa shape index (κ3) is 3.51. The van der Waals surface area contributed by atoms with Gasteiger partial charge in [0, 0.05) is 18.2 Å². The van der Waals surface area contributed by atoms with E-state index in [-0.39, 0.29) is 23.6 Å². The van der Waals surface area contributed by atoms with Crippen LogP contribution in [0.1, 0.15) is 53.3 Å². The van der Waals surface area contributed by atoms with E-state index in [1.807, 2.05) is 62.4 Å². The molecule has 1 N–H and O–H groups in total. The van der Waals surface area contributed by atoms with Crippen molar-refractivity contribution >= 4 is 5.91 Å². The van der Waals surface area contributed by atoms with Gasteiger partial charge in [0.1, 0.15) is 5.76 Å². The number of rotatable bonds is 5. The average molecular weight is 321 g/mol. The molecule has 122 valence electrons. The van der Waals surface area contributed by atoms with Gasteiger partial charge in [-0.2, -0.15) is 0 Å². The molecule has 24 heavy (non-hydrogen) atoms. The second-order valence-electron chi connectivity index (χ2n) is 5.84. The maximum Gasteiger partial charge on any atom is 0.274 e. The molecule has 0 aliphatic heterocycles. The minimum atomic E-state index is -0.348. The number of hydrogen-bond acceptors (Lipinski definition) is 4. The molecule has 0 fully saturated rings. The normalized spacial score (nSPS) is 12.1. The molecular weight excluding hydrogens is 302 g/mol. The predicted molar refractivity (Wildman–Crippen MR) is 90.6 cm³/mol. The summed E-state index contributed by atoms with van der Waals surface area (Å²) in [6.07, 6.45) is 1.71. The molecule has 0 saturated carbocycles. The first kappa shape index (κ1) is 15.9. The summed E-state index contributed by atoms with van der Waals surface area (Å²) in [6, 6.07) is 16.7. The molecule has 3 aromatic rings. The van der Waals surface area contributed by atoms with Gasteiger partial charge >= 0.3 is 0 Å². The molecule has 0 saturated heterocycles. The smallest absolute Gasteiger partial charge is 0.274 e. The first-order valence-corrected chi connectivity index (χ1v) is 7.88. The van der Waals surface area contributed by atoms with E-state index in [1.165, 1.54) is 0 Å². The Bertz CT molecular complexity index is 758. The van der Waals surface area contributed by atoms with E-state index in [4.69, 9.17) is 4.52 Å². The highest BCUT2D eigenvalue weighted by atomic mass is 16.5. The lowest BCUT2D eigenvalue weighted by Gasteiger charge is -2.18. The fourth-order valence-corrected chi connectivity index (χ4v) is 2.39. The minimum absolute atomic E-state index is 0.180. The van der Waals surface area contributed by atoms with Crippen LogP contribution in [-0.4, -0.2) is 16.0 Å². The topological polar surface area (TPSA) is 68.0 Å². The van der Waals surface area contributed by atoms with Crippen molar-refractivity contribution in [1.82, 2.24) is 15.5 Å². The van der Waals surface area contributed by atoms with Crippen molar-refractivity contribution in [2.75, 3.05) is 0 Å². The van der Waals surface area contributed by atoms with Crippen molar-refractivity contribution in [3.63, 3.8) is 0 Å². The van der Waals surface area contributed by atoms with Crippen LogP contribution in [0.15, 0.2) is 65.3 Å². The first-order valence-electron chi connectivity index (χ1n) is 7.88. The van der Waals surface area contributed by atoms with Crippen LogP contribution in [0.4, 0.5) is 0 Å². The van der Waals surface area contributed by atoms with Gasteiger partial charge in [0.05, 0.1) is 11.7 Å². The monoisotopic (exact) mass is 321 g/mol. The van der Waals surface area contributed by atoms with Crippen LogP contribution >= 0.6 is 0 Å². The molecule has 5 nitrogen and oxygen atoms in total. The summed E-state index contributed by atoms with van der Waals surface area (Å²) in [6.45, 7) is 3.98.